The van der Waals surface area contributed by atoms with E-state index in [2.05, 4.69) is 46.7 Å². The van der Waals surface area contributed by atoms with Gasteiger partial charge in [0.05, 0.1) is 13.2 Å². The topological polar surface area (TPSA) is 46.1 Å². The Labute approximate surface area is 161 Å². The Kier molecular flexibility index (Phi) is 14.9. The Hall–Kier alpha value is -0.380. The molecule has 0 saturated heterocycles. The Morgan fingerprint density at radius 3 is 2.83 bits per heavy atom. The van der Waals surface area contributed by atoms with Gasteiger partial charge >= 0.3 is 0 Å². The zero-order chi connectivity index (χ0) is 16.0. The maximum absolute atomic E-state index is 5.45. The van der Waals surface area contributed by atoms with Crippen molar-refractivity contribution in [1.29, 1.82) is 0 Å². The predicted octanol–water partition coefficient (Wildman–Crippen LogP) is 2.86. The number of thiophene rings is 1. The molecule has 0 aromatic carbocycles. The molecule has 1 N–H and O–H groups in total. The molecule has 0 spiro atoms. The average Bonchev–Trinajstić information content (AvgIpc) is 3.04. The zero-order valence-corrected chi connectivity index (χ0v) is 17.6. The maximum Gasteiger partial charge on any atom is 0.193 e. The molecule has 1 aromatic rings. The van der Waals surface area contributed by atoms with Gasteiger partial charge in [-0.25, -0.2) is 0 Å². The quantitative estimate of drug-likeness (QED) is 0.241. The number of nitrogens with zero attached hydrogens (tertiary/aromatic N) is 2. The van der Waals surface area contributed by atoms with Crippen LogP contribution in [-0.2, 0) is 15.9 Å². The third-order valence-corrected chi connectivity index (χ3v) is 4.05. The fraction of sp³-hybridized carbons (Fsp3) is 0.688. The zero-order valence-electron chi connectivity index (χ0n) is 14.4. The van der Waals surface area contributed by atoms with E-state index in [1.807, 2.05) is 11.3 Å². The second kappa shape index (κ2) is 15.2. The van der Waals surface area contributed by atoms with Crippen molar-refractivity contribution in [3.8, 4) is 0 Å². The maximum atomic E-state index is 5.45. The van der Waals surface area contributed by atoms with Crippen molar-refractivity contribution in [3.05, 3.63) is 22.4 Å². The molecule has 0 amide bonds. The van der Waals surface area contributed by atoms with E-state index in [1.54, 1.807) is 7.11 Å². The van der Waals surface area contributed by atoms with Gasteiger partial charge in [0.1, 0.15) is 0 Å². The summed E-state index contributed by atoms with van der Waals surface area (Å²) in [5.74, 6) is 0.968. The van der Waals surface area contributed by atoms with Crippen LogP contribution in [0.3, 0.4) is 0 Å². The molecule has 7 heteroatoms. The molecule has 0 aliphatic carbocycles. The molecule has 1 aromatic heterocycles. The minimum Gasteiger partial charge on any atom is -0.382 e. The minimum absolute atomic E-state index is 0. The van der Waals surface area contributed by atoms with Crippen LogP contribution >= 0.6 is 35.3 Å². The lowest BCUT2D eigenvalue weighted by Gasteiger charge is -2.21. The lowest BCUT2D eigenvalue weighted by molar-refractivity contribution is 0.0702. The van der Waals surface area contributed by atoms with E-state index in [0.717, 1.165) is 45.0 Å². The van der Waals surface area contributed by atoms with Gasteiger partial charge in [0.2, 0.25) is 0 Å². The third kappa shape index (κ3) is 10.9. The van der Waals surface area contributed by atoms with Gasteiger partial charge in [-0.1, -0.05) is 6.07 Å². The van der Waals surface area contributed by atoms with E-state index in [1.165, 1.54) is 4.88 Å². The summed E-state index contributed by atoms with van der Waals surface area (Å²) in [7, 11) is 3.77. The monoisotopic (exact) mass is 455 g/mol. The van der Waals surface area contributed by atoms with Crippen LogP contribution in [-0.4, -0.2) is 64.5 Å². The van der Waals surface area contributed by atoms with Crippen molar-refractivity contribution in [2.24, 2.45) is 4.99 Å². The van der Waals surface area contributed by atoms with Gasteiger partial charge in [-0.15, -0.1) is 35.3 Å². The summed E-state index contributed by atoms with van der Waals surface area (Å²) in [4.78, 5) is 8.26. The number of likely N-dealkylation sites (N-methyl/N-ethyl adjacent to an activating group) is 1. The first-order valence-corrected chi connectivity index (χ1v) is 8.74. The molecule has 5 nitrogen and oxygen atoms in total. The summed E-state index contributed by atoms with van der Waals surface area (Å²) in [6.45, 7) is 6.75. The van der Waals surface area contributed by atoms with Crippen molar-refractivity contribution in [2.75, 3.05) is 53.6 Å². The van der Waals surface area contributed by atoms with Crippen LogP contribution in [0, 0.1) is 0 Å². The number of aliphatic imine (C=N–C) groups is 1. The highest BCUT2D eigenvalue weighted by molar-refractivity contribution is 14.0. The van der Waals surface area contributed by atoms with Gasteiger partial charge in [-0.05, 0) is 31.2 Å². The molecule has 134 valence electrons. The summed E-state index contributed by atoms with van der Waals surface area (Å²) in [6, 6.07) is 4.28. The van der Waals surface area contributed by atoms with E-state index in [9.17, 15) is 0 Å². The van der Waals surface area contributed by atoms with Crippen molar-refractivity contribution >= 4 is 41.3 Å². The molecule has 23 heavy (non-hydrogen) atoms. The number of hydrogen-bond acceptors (Lipinski definition) is 4. The fourth-order valence-electron chi connectivity index (χ4n) is 1.90. The normalized spacial score (nSPS) is 11.2. The van der Waals surface area contributed by atoms with Crippen LogP contribution in [0.15, 0.2) is 22.5 Å². The van der Waals surface area contributed by atoms with E-state index < -0.39 is 0 Å². The summed E-state index contributed by atoms with van der Waals surface area (Å²) >= 11 is 1.81. The molecule has 0 fully saturated rings. The number of guanidine groups is 1. The number of rotatable bonds is 11. The van der Waals surface area contributed by atoms with Gasteiger partial charge in [0, 0.05) is 45.3 Å². The van der Waals surface area contributed by atoms with Crippen LogP contribution in [0.1, 0.15) is 18.2 Å². The molecule has 0 bridgehead atoms. The Morgan fingerprint density at radius 1 is 1.35 bits per heavy atom. The summed E-state index contributed by atoms with van der Waals surface area (Å²) in [6.07, 6.45) is 1.98. The second-order valence-electron chi connectivity index (χ2n) is 4.95. The summed E-state index contributed by atoms with van der Waals surface area (Å²) < 4.78 is 10.4. The third-order valence-electron chi connectivity index (χ3n) is 3.11. The van der Waals surface area contributed by atoms with E-state index in [0.29, 0.717) is 13.2 Å². The number of halogens is 1. The first kappa shape index (κ1) is 22.6. The van der Waals surface area contributed by atoms with Gasteiger partial charge in [0.25, 0.3) is 0 Å². The van der Waals surface area contributed by atoms with Crippen LogP contribution in [0.4, 0.5) is 0 Å². The predicted molar refractivity (Wildman–Crippen MR) is 109 cm³/mol. The SMILES string of the molecule is CCNC(=NCCCOCCOC)N(C)CCc1cccs1.I. The highest BCUT2D eigenvalue weighted by Crippen LogP contribution is 2.09. The van der Waals surface area contributed by atoms with Crippen molar-refractivity contribution in [3.63, 3.8) is 0 Å². The fourth-order valence-corrected chi connectivity index (χ4v) is 2.60. The van der Waals surface area contributed by atoms with Gasteiger partial charge < -0.3 is 19.7 Å². The van der Waals surface area contributed by atoms with Gasteiger partial charge in [-0.3, -0.25) is 4.99 Å². The molecule has 0 aliphatic heterocycles. The number of ether oxygens (including phenoxy) is 2. The smallest absolute Gasteiger partial charge is 0.193 e. The molecule has 1 rings (SSSR count). The summed E-state index contributed by atoms with van der Waals surface area (Å²) in [5.41, 5.74) is 0. The highest BCUT2D eigenvalue weighted by atomic mass is 127. The van der Waals surface area contributed by atoms with Crippen molar-refractivity contribution in [1.82, 2.24) is 10.2 Å². The first-order chi connectivity index (χ1) is 10.8. The standard InChI is InChI=1S/C16H29N3O2S.HI/c1-4-17-16(18-9-6-11-21-13-12-20-3)19(2)10-8-15-7-5-14-22-15;/h5,7,14H,4,6,8-13H2,1-3H3,(H,17,18);1H. The average molecular weight is 455 g/mol. The lowest BCUT2D eigenvalue weighted by Crippen LogP contribution is -2.40. The van der Waals surface area contributed by atoms with Crippen molar-refractivity contribution < 1.29 is 9.47 Å². The Balaban J connectivity index is 0.00000484. The van der Waals surface area contributed by atoms with Crippen LogP contribution in [0.5, 0.6) is 0 Å². The van der Waals surface area contributed by atoms with Crippen molar-refractivity contribution in [2.45, 2.75) is 19.8 Å². The number of hydrogen-bond donors (Lipinski definition) is 1. The number of methoxy groups -OCH3 is 1. The molecule has 1 heterocycles. The molecule has 0 aliphatic rings. The molecular weight excluding hydrogens is 425 g/mol. The van der Waals surface area contributed by atoms with E-state index >= 15 is 0 Å². The van der Waals surface area contributed by atoms with Gasteiger partial charge in [0.15, 0.2) is 5.96 Å². The molecule has 0 radical (unpaired) electrons. The highest BCUT2D eigenvalue weighted by Gasteiger charge is 2.05. The molecular formula is C16H30IN3O2S. The van der Waals surface area contributed by atoms with E-state index in [-0.39, 0.29) is 24.0 Å². The second-order valence-corrected chi connectivity index (χ2v) is 5.98. The van der Waals surface area contributed by atoms with Crippen LogP contribution < -0.4 is 5.32 Å². The molecule has 0 atom stereocenters. The van der Waals surface area contributed by atoms with Gasteiger partial charge in [-0.2, -0.15) is 0 Å². The lowest BCUT2D eigenvalue weighted by atomic mass is 10.3. The Morgan fingerprint density at radius 2 is 2.17 bits per heavy atom. The minimum atomic E-state index is 0. The largest absolute Gasteiger partial charge is 0.382 e. The Bertz CT molecular complexity index is 402. The summed E-state index contributed by atoms with van der Waals surface area (Å²) in [5, 5.41) is 5.47. The number of nitrogens with one attached hydrogen (secondary N) is 1. The molecule has 0 unspecified atom stereocenters. The van der Waals surface area contributed by atoms with Crippen LogP contribution in [0.25, 0.3) is 0 Å². The first-order valence-electron chi connectivity index (χ1n) is 7.86. The molecule has 0 saturated carbocycles. The van der Waals surface area contributed by atoms with Crippen LogP contribution in [0.2, 0.25) is 0 Å². The van der Waals surface area contributed by atoms with E-state index in [4.69, 9.17) is 9.47 Å².